The van der Waals surface area contributed by atoms with Gasteiger partial charge in [-0.15, -0.1) is 0 Å². The van der Waals surface area contributed by atoms with E-state index in [0.717, 1.165) is 0 Å². The number of aryl methyl sites for hydroxylation is 1. The van der Waals surface area contributed by atoms with E-state index in [1.54, 1.807) is 19.9 Å². The molecule has 0 spiro atoms. The zero-order chi connectivity index (χ0) is 19.1. The number of carbonyl (C=O) groups excluding carboxylic acids is 1. The maximum absolute atomic E-state index is 12.2. The van der Waals surface area contributed by atoms with Gasteiger partial charge in [-0.05, 0) is 41.8 Å². The SMILES string of the molecule is CCOC(=O)C(C=N[C@H](CO)C(C)C)=C(O)c1cc(Br)c(C)nc1Cl. The first-order chi connectivity index (χ1) is 11.7. The molecule has 1 aromatic heterocycles. The second-order valence-electron chi connectivity index (χ2n) is 5.65. The molecule has 1 aromatic rings. The number of carbonyl (C=O) groups is 1. The van der Waals surface area contributed by atoms with Crippen LogP contribution in [0.4, 0.5) is 0 Å². The molecule has 0 aliphatic rings. The topological polar surface area (TPSA) is 92.0 Å². The third-order valence-corrected chi connectivity index (χ3v) is 4.55. The van der Waals surface area contributed by atoms with E-state index in [1.807, 2.05) is 13.8 Å². The summed E-state index contributed by atoms with van der Waals surface area (Å²) in [6.45, 7) is 7.16. The van der Waals surface area contributed by atoms with Crippen LogP contribution in [0.5, 0.6) is 0 Å². The molecule has 0 aliphatic heterocycles. The Morgan fingerprint density at radius 1 is 1.52 bits per heavy atom. The molecule has 0 fully saturated rings. The first kappa shape index (κ1) is 21.6. The number of halogens is 2. The van der Waals surface area contributed by atoms with Crippen LogP contribution >= 0.6 is 27.5 Å². The fourth-order valence-corrected chi connectivity index (χ4v) is 2.47. The molecule has 0 aliphatic carbocycles. The Bertz CT molecular complexity index is 689. The molecule has 0 saturated heterocycles. The van der Waals surface area contributed by atoms with Crippen molar-refractivity contribution >= 4 is 45.5 Å². The van der Waals surface area contributed by atoms with Crippen molar-refractivity contribution in [2.75, 3.05) is 13.2 Å². The number of ether oxygens (including phenoxy) is 1. The highest BCUT2D eigenvalue weighted by atomic mass is 79.9. The minimum absolute atomic E-state index is 0.0518. The average molecular weight is 434 g/mol. The monoisotopic (exact) mass is 432 g/mol. The van der Waals surface area contributed by atoms with Crippen LogP contribution in [0, 0.1) is 12.8 Å². The van der Waals surface area contributed by atoms with Crippen molar-refractivity contribution in [3.05, 3.63) is 32.5 Å². The molecule has 25 heavy (non-hydrogen) atoms. The summed E-state index contributed by atoms with van der Waals surface area (Å²) in [6, 6.07) is 1.16. The molecule has 0 bridgehead atoms. The van der Waals surface area contributed by atoms with Crippen molar-refractivity contribution in [3.8, 4) is 0 Å². The van der Waals surface area contributed by atoms with Gasteiger partial charge >= 0.3 is 5.97 Å². The lowest BCUT2D eigenvalue weighted by Gasteiger charge is -2.14. The van der Waals surface area contributed by atoms with E-state index >= 15 is 0 Å². The van der Waals surface area contributed by atoms with Crippen LogP contribution in [-0.2, 0) is 9.53 Å². The van der Waals surface area contributed by atoms with Crippen LogP contribution in [0.1, 0.15) is 32.0 Å². The summed E-state index contributed by atoms with van der Waals surface area (Å²) in [5, 5.41) is 20.0. The largest absolute Gasteiger partial charge is 0.506 e. The van der Waals surface area contributed by atoms with E-state index in [4.69, 9.17) is 16.3 Å². The molecule has 1 atom stereocenters. The standard InChI is InChI=1S/C17H22BrClN2O4/c1-5-25-17(24)12(7-20-14(8-22)9(2)3)15(23)11-6-13(18)10(4)21-16(11)19/h6-7,9,14,22-23H,5,8H2,1-4H3/t14-/m1/s1. The van der Waals surface area contributed by atoms with Gasteiger partial charge in [-0.2, -0.15) is 0 Å². The molecule has 1 heterocycles. The molecule has 6 nitrogen and oxygen atoms in total. The number of aromatic nitrogens is 1. The molecule has 138 valence electrons. The van der Waals surface area contributed by atoms with E-state index in [-0.39, 0.29) is 41.2 Å². The summed E-state index contributed by atoms with van der Waals surface area (Å²) in [6.07, 6.45) is 1.21. The molecule has 0 saturated carbocycles. The van der Waals surface area contributed by atoms with Crippen molar-refractivity contribution in [3.63, 3.8) is 0 Å². The zero-order valence-corrected chi connectivity index (χ0v) is 16.9. The number of nitrogens with zero attached hydrogens (tertiary/aromatic N) is 2. The Labute approximate surface area is 160 Å². The fraction of sp³-hybridized carbons (Fsp3) is 0.471. The quantitative estimate of drug-likeness (QED) is 0.225. The molecular formula is C17H22BrClN2O4. The van der Waals surface area contributed by atoms with Gasteiger partial charge < -0.3 is 14.9 Å². The Kier molecular flexibility index (Phi) is 8.55. The van der Waals surface area contributed by atoms with Gasteiger partial charge in [0.25, 0.3) is 0 Å². The Morgan fingerprint density at radius 3 is 2.68 bits per heavy atom. The third kappa shape index (κ3) is 5.80. The average Bonchev–Trinajstić information content (AvgIpc) is 2.54. The Morgan fingerprint density at radius 2 is 2.16 bits per heavy atom. The molecule has 0 unspecified atom stereocenters. The van der Waals surface area contributed by atoms with Crippen LogP contribution in [0.25, 0.3) is 5.76 Å². The third-order valence-electron chi connectivity index (χ3n) is 3.46. The minimum atomic E-state index is -0.739. The maximum Gasteiger partial charge on any atom is 0.343 e. The van der Waals surface area contributed by atoms with E-state index < -0.39 is 12.0 Å². The predicted octanol–water partition coefficient (Wildman–Crippen LogP) is 3.73. The van der Waals surface area contributed by atoms with Crippen LogP contribution in [0.2, 0.25) is 5.15 Å². The van der Waals surface area contributed by atoms with Gasteiger partial charge in [-0.1, -0.05) is 25.4 Å². The number of rotatable bonds is 7. The fourth-order valence-electron chi connectivity index (χ4n) is 1.88. The summed E-state index contributed by atoms with van der Waals surface area (Å²) in [5.74, 6) is -1.07. The van der Waals surface area contributed by atoms with Gasteiger partial charge in [0.1, 0.15) is 16.5 Å². The molecule has 0 aromatic carbocycles. The van der Waals surface area contributed by atoms with Crippen molar-refractivity contribution in [1.82, 2.24) is 4.98 Å². The smallest absolute Gasteiger partial charge is 0.343 e. The maximum atomic E-state index is 12.2. The van der Waals surface area contributed by atoms with Gasteiger partial charge in [-0.25, -0.2) is 9.78 Å². The summed E-state index contributed by atoms with van der Waals surface area (Å²) in [7, 11) is 0. The van der Waals surface area contributed by atoms with Gasteiger partial charge in [0, 0.05) is 10.7 Å². The zero-order valence-electron chi connectivity index (χ0n) is 14.6. The highest BCUT2D eigenvalue weighted by molar-refractivity contribution is 9.10. The Hall–Kier alpha value is -1.44. The summed E-state index contributed by atoms with van der Waals surface area (Å²) in [4.78, 5) is 20.5. The molecule has 0 radical (unpaired) electrons. The lowest BCUT2D eigenvalue weighted by molar-refractivity contribution is -0.137. The van der Waals surface area contributed by atoms with Crippen LogP contribution in [-0.4, -0.2) is 46.6 Å². The van der Waals surface area contributed by atoms with E-state index in [0.29, 0.717) is 10.2 Å². The molecule has 8 heteroatoms. The van der Waals surface area contributed by atoms with Crippen LogP contribution in [0.15, 0.2) is 21.1 Å². The number of aliphatic imine (C=N–C) groups is 1. The summed E-state index contributed by atoms with van der Waals surface area (Å²) < 4.78 is 5.61. The van der Waals surface area contributed by atoms with Gasteiger partial charge in [0.05, 0.1) is 30.5 Å². The normalized spacial score (nSPS) is 13.9. The predicted molar refractivity (Wildman–Crippen MR) is 102 cm³/mol. The van der Waals surface area contributed by atoms with Crippen molar-refractivity contribution in [2.45, 2.75) is 33.7 Å². The molecular weight excluding hydrogens is 412 g/mol. The van der Waals surface area contributed by atoms with Crippen molar-refractivity contribution < 1.29 is 19.7 Å². The minimum Gasteiger partial charge on any atom is -0.506 e. The highest BCUT2D eigenvalue weighted by Crippen LogP contribution is 2.28. The van der Waals surface area contributed by atoms with Crippen molar-refractivity contribution in [2.24, 2.45) is 10.9 Å². The van der Waals surface area contributed by atoms with E-state index in [9.17, 15) is 15.0 Å². The number of pyridine rings is 1. The molecule has 2 N–H and O–H groups in total. The lowest BCUT2D eigenvalue weighted by Crippen LogP contribution is -2.19. The van der Waals surface area contributed by atoms with Crippen LogP contribution in [0.3, 0.4) is 0 Å². The first-order valence-electron chi connectivity index (χ1n) is 7.80. The Balaban J connectivity index is 3.44. The number of hydrogen-bond donors (Lipinski definition) is 2. The summed E-state index contributed by atoms with van der Waals surface area (Å²) in [5.41, 5.74) is 0.673. The summed E-state index contributed by atoms with van der Waals surface area (Å²) >= 11 is 9.42. The van der Waals surface area contributed by atoms with Crippen molar-refractivity contribution in [1.29, 1.82) is 0 Å². The number of aliphatic hydroxyl groups is 2. The van der Waals surface area contributed by atoms with Gasteiger partial charge in [0.15, 0.2) is 0 Å². The number of esters is 1. The number of hydrogen-bond acceptors (Lipinski definition) is 6. The van der Waals surface area contributed by atoms with Gasteiger partial charge in [0.2, 0.25) is 0 Å². The first-order valence-corrected chi connectivity index (χ1v) is 8.97. The van der Waals surface area contributed by atoms with Crippen LogP contribution < -0.4 is 0 Å². The lowest BCUT2D eigenvalue weighted by atomic mass is 10.1. The molecule has 0 amide bonds. The second kappa shape index (κ2) is 9.89. The second-order valence-corrected chi connectivity index (χ2v) is 6.86. The number of aliphatic hydroxyl groups excluding tert-OH is 2. The highest BCUT2D eigenvalue weighted by Gasteiger charge is 2.20. The van der Waals surface area contributed by atoms with E-state index in [1.165, 1.54) is 6.21 Å². The molecule has 1 rings (SSSR count). The van der Waals surface area contributed by atoms with E-state index in [2.05, 4.69) is 25.9 Å². The van der Waals surface area contributed by atoms with Gasteiger partial charge in [-0.3, -0.25) is 4.99 Å².